The second kappa shape index (κ2) is 8.17. The van der Waals surface area contributed by atoms with Crippen LogP contribution in [-0.2, 0) is 6.54 Å². The number of phenols is 1. The number of aliphatic imine (C=N–C) groups is 1. The minimum absolute atomic E-state index is 0.0560. The van der Waals surface area contributed by atoms with Crippen LogP contribution in [0.25, 0.3) is 0 Å². The topological polar surface area (TPSA) is 51.0 Å². The monoisotopic (exact) mass is 375 g/mol. The predicted molar refractivity (Wildman–Crippen MR) is 89.1 cm³/mol. The molecule has 0 amide bonds. The number of benzene rings is 2. The molecule has 0 saturated heterocycles. The summed E-state index contributed by atoms with van der Waals surface area (Å²) in [6, 6.07) is 7.45. The van der Waals surface area contributed by atoms with Crippen molar-refractivity contribution in [2.75, 3.05) is 7.11 Å². The highest BCUT2D eigenvalue weighted by molar-refractivity contribution is 6.36. The Morgan fingerprint density at radius 2 is 1.96 bits per heavy atom. The van der Waals surface area contributed by atoms with Gasteiger partial charge in [-0.05, 0) is 29.8 Å². The highest BCUT2D eigenvalue weighted by Crippen LogP contribution is 2.31. The number of hydrogen-bond acceptors (Lipinski definition) is 4. The Bertz CT molecular complexity index is 754. The first-order valence-corrected chi connectivity index (χ1v) is 7.46. The summed E-state index contributed by atoms with van der Waals surface area (Å²) in [6.07, 6.45) is 1.42. The standard InChI is InChI=1S/C16H13Cl2F2NO3/c1-23-14-4-9(2-3-13(14)24-16(19)20)7-21-8-10-5-11(17)6-12(18)15(10)22/h2-6,8,16,22H,7H2,1H3. The van der Waals surface area contributed by atoms with Crippen LogP contribution in [0, 0.1) is 0 Å². The number of methoxy groups -OCH3 is 1. The molecule has 2 rings (SSSR count). The van der Waals surface area contributed by atoms with Gasteiger partial charge in [0, 0.05) is 16.8 Å². The third kappa shape index (κ3) is 4.72. The molecule has 0 atom stereocenters. The molecule has 0 unspecified atom stereocenters. The van der Waals surface area contributed by atoms with Crippen LogP contribution in [0.2, 0.25) is 10.0 Å². The fourth-order valence-electron chi connectivity index (χ4n) is 1.94. The molecular weight excluding hydrogens is 363 g/mol. The summed E-state index contributed by atoms with van der Waals surface area (Å²) in [7, 11) is 1.35. The molecule has 128 valence electrons. The minimum atomic E-state index is -2.93. The van der Waals surface area contributed by atoms with Crippen LogP contribution in [0.5, 0.6) is 17.2 Å². The Labute approximate surface area is 147 Å². The van der Waals surface area contributed by atoms with E-state index in [1.54, 1.807) is 12.1 Å². The maximum atomic E-state index is 12.3. The number of ether oxygens (including phenoxy) is 2. The number of aromatic hydroxyl groups is 1. The SMILES string of the molecule is COc1cc(CN=Cc2cc(Cl)cc(Cl)c2O)ccc1OC(F)F. The average Bonchev–Trinajstić information content (AvgIpc) is 2.52. The average molecular weight is 376 g/mol. The Morgan fingerprint density at radius 1 is 1.21 bits per heavy atom. The van der Waals surface area contributed by atoms with E-state index < -0.39 is 6.61 Å². The zero-order valence-electron chi connectivity index (χ0n) is 12.5. The van der Waals surface area contributed by atoms with Crippen LogP contribution in [0.3, 0.4) is 0 Å². The van der Waals surface area contributed by atoms with Gasteiger partial charge in [0.1, 0.15) is 5.75 Å². The molecule has 2 aromatic rings. The van der Waals surface area contributed by atoms with E-state index >= 15 is 0 Å². The Morgan fingerprint density at radius 3 is 2.62 bits per heavy atom. The van der Waals surface area contributed by atoms with Gasteiger partial charge in [-0.25, -0.2) is 0 Å². The lowest BCUT2D eigenvalue weighted by Gasteiger charge is -2.10. The van der Waals surface area contributed by atoms with Gasteiger partial charge in [0.2, 0.25) is 0 Å². The Kier molecular flexibility index (Phi) is 6.23. The van der Waals surface area contributed by atoms with Gasteiger partial charge in [-0.15, -0.1) is 0 Å². The summed E-state index contributed by atoms with van der Waals surface area (Å²) in [5.41, 5.74) is 1.08. The zero-order chi connectivity index (χ0) is 17.7. The van der Waals surface area contributed by atoms with Crippen molar-refractivity contribution in [2.45, 2.75) is 13.2 Å². The van der Waals surface area contributed by atoms with Gasteiger partial charge in [-0.2, -0.15) is 8.78 Å². The second-order valence-corrected chi connectivity index (χ2v) is 5.50. The molecule has 2 aromatic carbocycles. The fourth-order valence-corrected chi connectivity index (χ4v) is 2.45. The van der Waals surface area contributed by atoms with Crippen molar-refractivity contribution in [3.05, 3.63) is 51.5 Å². The van der Waals surface area contributed by atoms with Crippen molar-refractivity contribution in [3.63, 3.8) is 0 Å². The molecular formula is C16H13Cl2F2NO3. The maximum absolute atomic E-state index is 12.3. The van der Waals surface area contributed by atoms with E-state index in [9.17, 15) is 13.9 Å². The van der Waals surface area contributed by atoms with Gasteiger partial charge in [0.25, 0.3) is 0 Å². The van der Waals surface area contributed by atoms with Gasteiger partial charge in [-0.3, -0.25) is 4.99 Å². The summed E-state index contributed by atoms with van der Waals surface area (Å²) >= 11 is 11.7. The van der Waals surface area contributed by atoms with E-state index in [0.717, 1.165) is 0 Å². The first-order chi connectivity index (χ1) is 11.4. The number of alkyl halides is 2. The van der Waals surface area contributed by atoms with Gasteiger partial charge in [0.05, 0.1) is 18.7 Å². The van der Waals surface area contributed by atoms with Crippen molar-refractivity contribution < 1.29 is 23.4 Å². The van der Waals surface area contributed by atoms with E-state index in [0.29, 0.717) is 16.1 Å². The van der Waals surface area contributed by atoms with Gasteiger partial charge in [-0.1, -0.05) is 29.3 Å². The van der Waals surface area contributed by atoms with Crippen LogP contribution in [0.1, 0.15) is 11.1 Å². The second-order valence-electron chi connectivity index (χ2n) is 4.66. The quantitative estimate of drug-likeness (QED) is 0.728. The van der Waals surface area contributed by atoms with Crippen molar-refractivity contribution in [1.82, 2.24) is 0 Å². The van der Waals surface area contributed by atoms with Crippen LogP contribution < -0.4 is 9.47 Å². The number of halogens is 4. The van der Waals surface area contributed by atoms with E-state index in [4.69, 9.17) is 27.9 Å². The third-order valence-corrected chi connectivity index (χ3v) is 3.51. The molecule has 0 spiro atoms. The third-order valence-electron chi connectivity index (χ3n) is 3.01. The lowest BCUT2D eigenvalue weighted by Crippen LogP contribution is -2.03. The van der Waals surface area contributed by atoms with E-state index in [-0.39, 0.29) is 28.8 Å². The van der Waals surface area contributed by atoms with Gasteiger partial charge in [0.15, 0.2) is 11.5 Å². The zero-order valence-corrected chi connectivity index (χ0v) is 14.0. The summed E-state index contributed by atoms with van der Waals surface area (Å²) in [4.78, 5) is 4.17. The molecule has 0 fully saturated rings. The molecule has 0 radical (unpaired) electrons. The first kappa shape index (κ1) is 18.3. The molecule has 0 aliphatic carbocycles. The van der Waals surface area contributed by atoms with Gasteiger partial charge < -0.3 is 14.6 Å². The molecule has 8 heteroatoms. The van der Waals surface area contributed by atoms with Crippen molar-refractivity contribution in [2.24, 2.45) is 4.99 Å². The van der Waals surface area contributed by atoms with E-state index in [2.05, 4.69) is 9.73 Å². The van der Waals surface area contributed by atoms with Crippen LogP contribution in [-0.4, -0.2) is 25.0 Å². The molecule has 0 aliphatic heterocycles. The Balaban J connectivity index is 2.14. The number of hydrogen-bond donors (Lipinski definition) is 1. The molecule has 0 bridgehead atoms. The van der Waals surface area contributed by atoms with Crippen molar-refractivity contribution >= 4 is 29.4 Å². The van der Waals surface area contributed by atoms with Crippen molar-refractivity contribution in [3.8, 4) is 17.2 Å². The van der Waals surface area contributed by atoms with Crippen molar-refractivity contribution in [1.29, 1.82) is 0 Å². The highest BCUT2D eigenvalue weighted by atomic mass is 35.5. The minimum Gasteiger partial charge on any atom is -0.506 e. The van der Waals surface area contributed by atoms with Crippen LogP contribution in [0.4, 0.5) is 8.78 Å². The predicted octanol–water partition coefficient (Wildman–Crippen LogP) is 4.93. The first-order valence-electron chi connectivity index (χ1n) is 6.70. The van der Waals surface area contributed by atoms with Crippen LogP contribution in [0.15, 0.2) is 35.3 Å². The summed E-state index contributed by atoms with van der Waals surface area (Å²) in [5.74, 6) is -0.000720. The highest BCUT2D eigenvalue weighted by Gasteiger charge is 2.11. The fraction of sp³-hybridized carbons (Fsp3) is 0.188. The molecule has 0 aliphatic rings. The molecule has 0 aromatic heterocycles. The van der Waals surface area contributed by atoms with Gasteiger partial charge >= 0.3 is 6.61 Å². The lowest BCUT2D eigenvalue weighted by molar-refractivity contribution is -0.0512. The summed E-state index contributed by atoms with van der Waals surface area (Å²) in [5, 5.41) is 10.3. The smallest absolute Gasteiger partial charge is 0.387 e. The largest absolute Gasteiger partial charge is 0.506 e. The number of phenolic OH excluding ortho intramolecular Hbond substituents is 1. The number of nitrogens with zero attached hydrogens (tertiary/aromatic N) is 1. The maximum Gasteiger partial charge on any atom is 0.387 e. The molecule has 0 saturated carbocycles. The molecule has 0 heterocycles. The molecule has 1 N–H and O–H groups in total. The normalized spacial score (nSPS) is 11.2. The van der Waals surface area contributed by atoms with Crippen LogP contribution >= 0.6 is 23.2 Å². The summed E-state index contributed by atoms with van der Waals surface area (Å²) in [6.45, 7) is -2.70. The molecule has 4 nitrogen and oxygen atoms in total. The van der Waals surface area contributed by atoms with E-state index in [1.807, 2.05) is 0 Å². The molecule has 24 heavy (non-hydrogen) atoms. The number of rotatable bonds is 6. The lowest BCUT2D eigenvalue weighted by atomic mass is 10.2. The Hall–Kier alpha value is -2.05. The summed E-state index contributed by atoms with van der Waals surface area (Å²) < 4.78 is 33.9. The van der Waals surface area contributed by atoms with E-state index in [1.165, 1.54) is 31.5 Å².